The molecule has 2 rings (SSSR count). The van der Waals surface area contributed by atoms with Gasteiger partial charge in [-0.1, -0.05) is 35.9 Å². The van der Waals surface area contributed by atoms with Gasteiger partial charge in [-0.25, -0.2) is 0 Å². The van der Waals surface area contributed by atoms with Crippen LogP contribution in [0.3, 0.4) is 0 Å². The Labute approximate surface area is 130 Å². The first kappa shape index (κ1) is 14.8. The summed E-state index contributed by atoms with van der Waals surface area (Å²) in [5.41, 5.74) is 1.53. The molecule has 1 unspecified atom stereocenters. The number of nitro benzene ring substituents is 1. The van der Waals surface area contributed by atoms with Crippen molar-refractivity contribution >= 4 is 38.9 Å². The molecule has 104 valence electrons. The van der Waals surface area contributed by atoms with Gasteiger partial charge in [-0.2, -0.15) is 0 Å². The molecule has 0 aliphatic heterocycles. The Bertz CT molecular complexity index is 649. The third-order valence-electron chi connectivity index (χ3n) is 2.92. The van der Waals surface area contributed by atoms with Crippen LogP contribution in [-0.2, 0) is 0 Å². The Morgan fingerprint density at radius 1 is 1.25 bits per heavy atom. The zero-order chi connectivity index (χ0) is 14.7. The van der Waals surface area contributed by atoms with E-state index in [4.69, 9.17) is 11.6 Å². The van der Waals surface area contributed by atoms with E-state index in [1.54, 1.807) is 24.3 Å². The molecule has 1 N–H and O–H groups in total. The Morgan fingerprint density at radius 3 is 2.65 bits per heavy atom. The highest BCUT2D eigenvalue weighted by Gasteiger charge is 2.18. The standard InChI is InChI=1S/C14H12BrClN2O2/c1-9(10-5-2-3-8-13(10)18(19)20)17-12-7-4-6-11(16)14(12)15/h2-9,17H,1H3. The molecule has 1 atom stereocenters. The molecule has 2 aromatic rings. The number of nitrogens with zero attached hydrogens (tertiary/aromatic N) is 1. The van der Waals surface area contributed by atoms with Crippen molar-refractivity contribution in [2.24, 2.45) is 0 Å². The van der Waals surface area contributed by atoms with Crippen molar-refractivity contribution in [3.05, 3.63) is 67.6 Å². The minimum absolute atomic E-state index is 0.102. The second kappa shape index (κ2) is 6.24. The lowest BCUT2D eigenvalue weighted by molar-refractivity contribution is -0.385. The molecule has 0 aromatic heterocycles. The maximum absolute atomic E-state index is 11.0. The Balaban J connectivity index is 2.31. The van der Waals surface area contributed by atoms with E-state index in [9.17, 15) is 10.1 Å². The van der Waals surface area contributed by atoms with Gasteiger partial charge in [0, 0.05) is 6.07 Å². The van der Waals surface area contributed by atoms with Crippen LogP contribution in [0.25, 0.3) is 0 Å². The van der Waals surface area contributed by atoms with E-state index in [-0.39, 0.29) is 16.7 Å². The molecular weight excluding hydrogens is 344 g/mol. The number of para-hydroxylation sites is 1. The predicted molar refractivity (Wildman–Crippen MR) is 84.3 cm³/mol. The minimum atomic E-state index is -0.374. The molecule has 0 aliphatic carbocycles. The molecule has 0 amide bonds. The molecule has 0 heterocycles. The lowest BCUT2D eigenvalue weighted by atomic mass is 10.1. The van der Waals surface area contributed by atoms with Crippen molar-refractivity contribution in [2.45, 2.75) is 13.0 Å². The summed E-state index contributed by atoms with van der Waals surface area (Å²) in [4.78, 5) is 10.7. The van der Waals surface area contributed by atoms with Crippen molar-refractivity contribution in [2.75, 3.05) is 5.32 Å². The molecule has 6 heteroatoms. The summed E-state index contributed by atoms with van der Waals surface area (Å²) in [6, 6.07) is 11.9. The second-order valence-electron chi connectivity index (χ2n) is 4.28. The van der Waals surface area contributed by atoms with Crippen molar-refractivity contribution in [1.82, 2.24) is 0 Å². The highest BCUT2D eigenvalue weighted by molar-refractivity contribution is 9.10. The predicted octanol–water partition coefficient (Wildman–Crippen LogP) is 5.18. The quantitative estimate of drug-likeness (QED) is 0.607. The van der Waals surface area contributed by atoms with Crippen molar-refractivity contribution in [1.29, 1.82) is 0 Å². The van der Waals surface area contributed by atoms with Crippen LogP contribution < -0.4 is 5.32 Å². The molecule has 0 bridgehead atoms. The van der Waals surface area contributed by atoms with Crippen LogP contribution in [0.15, 0.2) is 46.9 Å². The van der Waals surface area contributed by atoms with Gasteiger partial charge in [0.2, 0.25) is 0 Å². The molecule has 20 heavy (non-hydrogen) atoms. The van der Waals surface area contributed by atoms with Gasteiger partial charge in [-0.15, -0.1) is 0 Å². The monoisotopic (exact) mass is 354 g/mol. The maximum Gasteiger partial charge on any atom is 0.274 e. The number of hydrogen-bond acceptors (Lipinski definition) is 3. The Kier molecular flexibility index (Phi) is 4.62. The van der Waals surface area contributed by atoms with Gasteiger partial charge in [-0.05, 0) is 35.0 Å². The summed E-state index contributed by atoms with van der Waals surface area (Å²) in [6.45, 7) is 1.87. The fraction of sp³-hybridized carbons (Fsp3) is 0.143. The number of benzene rings is 2. The smallest absolute Gasteiger partial charge is 0.274 e. The number of rotatable bonds is 4. The average Bonchev–Trinajstić information content (AvgIpc) is 2.43. The lowest BCUT2D eigenvalue weighted by Gasteiger charge is -2.17. The molecule has 0 fully saturated rings. The molecule has 2 aromatic carbocycles. The van der Waals surface area contributed by atoms with Crippen LogP contribution >= 0.6 is 27.5 Å². The van der Waals surface area contributed by atoms with Crippen LogP contribution in [0.4, 0.5) is 11.4 Å². The van der Waals surface area contributed by atoms with Gasteiger partial charge < -0.3 is 5.32 Å². The zero-order valence-electron chi connectivity index (χ0n) is 10.6. The SMILES string of the molecule is CC(Nc1cccc(Cl)c1Br)c1ccccc1[N+](=O)[O-]. The number of halogens is 2. The zero-order valence-corrected chi connectivity index (χ0v) is 13.0. The van der Waals surface area contributed by atoms with Crippen molar-refractivity contribution in [3.8, 4) is 0 Å². The summed E-state index contributed by atoms with van der Waals surface area (Å²) < 4.78 is 0.743. The van der Waals surface area contributed by atoms with Crippen molar-refractivity contribution in [3.63, 3.8) is 0 Å². The van der Waals surface area contributed by atoms with E-state index in [1.807, 2.05) is 19.1 Å². The van der Waals surface area contributed by atoms with E-state index in [2.05, 4.69) is 21.2 Å². The normalized spacial score (nSPS) is 11.9. The molecule has 0 saturated carbocycles. The summed E-state index contributed by atoms with van der Waals surface area (Å²) >= 11 is 9.43. The van der Waals surface area contributed by atoms with E-state index < -0.39 is 0 Å². The molecular formula is C14H12BrClN2O2. The summed E-state index contributed by atoms with van der Waals surface area (Å²) in [5, 5.41) is 14.9. The topological polar surface area (TPSA) is 55.2 Å². The fourth-order valence-electron chi connectivity index (χ4n) is 1.95. The van der Waals surface area contributed by atoms with Gasteiger partial charge in [0.05, 0.1) is 31.7 Å². The minimum Gasteiger partial charge on any atom is -0.377 e. The van der Waals surface area contributed by atoms with E-state index >= 15 is 0 Å². The second-order valence-corrected chi connectivity index (χ2v) is 5.48. The first-order valence-electron chi connectivity index (χ1n) is 5.94. The van der Waals surface area contributed by atoms with Crippen molar-refractivity contribution < 1.29 is 4.92 Å². The molecule has 0 saturated heterocycles. The van der Waals surface area contributed by atoms with Crippen LogP contribution in [0.5, 0.6) is 0 Å². The average molecular weight is 356 g/mol. The highest BCUT2D eigenvalue weighted by Crippen LogP contribution is 2.34. The largest absolute Gasteiger partial charge is 0.377 e. The Hall–Kier alpha value is -1.59. The van der Waals surface area contributed by atoms with Crippen LogP contribution in [0.1, 0.15) is 18.5 Å². The summed E-state index contributed by atoms with van der Waals surface area (Å²) in [6.07, 6.45) is 0. The highest BCUT2D eigenvalue weighted by atomic mass is 79.9. The van der Waals surface area contributed by atoms with Gasteiger partial charge >= 0.3 is 0 Å². The van der Waals surface area contributed by atoms with Gasteiger partial charge in [0.1, 0.15) is 0 Å². The van der Waals surface area contributed by atoms with Gasteiger partial charge in [0.15, 0.2) is 0 Å². The number of hydrogen-bond donors (Lipinski definition) is 1. The van der Waals surface area contributed by atoms with Crippen LogP contribution in [0, 0.1) is 10.1 Å². The third kappa shape index (κ3) is 3.11. The number of nitrogens with one attached hydrogen (secondary N) is 1. The van der Waals surface area contributed by atoms with Gasteiger partial charge in [-0.3, -0.25) is 10.1 Å². The molecule has 0 aliphatic rings. The van der Waals surface area contributed by atoms with Crippen LogP contribution in [-0.4, -0.2) is 4.92 Å². The fourth-order valence-corrected chi connectivity index (χ4v) is 2.50. The molecule has 4 nitrogen and oxygen atoms in total. The van der Waals surface area contributed by atoms with E-state index in [0.717, 1.165) is 10.2 Å². The van der Waals surface area contributed by atoms with E-state index in [1.165, 1.54) is 6.07 Å². The third-order valence-corrected chi connectivity index (χ3v) is 4.32. The Morgan fingerprint density at radius 2 is 1.95 bits per heavy atom. The summed E-state index contributed by atoms with van der Waals surface area (Å²) in [5.74, 6) is 0. The number of nitro groups is 1. The maximum atomic E-state index is 11.0. The first-order chi connectivity index (χ1) is 9.50. The molecule has 0 spiro atoms. The van der Waals surface area contributed by atoms with Gasteiger partial charge in [0.25, 0.3) is 5.69 Å². The number of anilines is 1. The van der Waals surface area contributed by atoms with E-state index in [0.29, 0.717) is 10.6 Å². The first-order valence-corrected chi connectivity index (χ1v) is 7.11. The van der Waals surface area contributed by atoms with Crippen LogP contribution in [0.2, 0.25) is 5.02 Å². The summed E-state index contributed by atoms with van der Waals surface area (Å²) in [7, 11) is 0. The molecule has 0 radical (unpaired) electrons. The lowest BCUT2D eigenvalue weighted by Crippen LogP contribution is -2.09.